The quantitative estimate of drug-likeness (QED) is 0.685. The van der Waals surface area contributed by atoms with E-state index in [4.69, 9.17) is 5.11 Å². The smallest absolute Gasteiger partial charge is 0.362 e. The molecule has 0 bridgehead atoms. The van der Waals surface area contributed by atoms with E-state index in [1.54, 1.807) is 0 Å². The number of aromatic nitrogens is 3. The third-order valence-electron chi connectivity index (χ3n) is 2.85. The van der Waals surface area contributed by atoms with Gasteiger partial charge in [-0.25, -0.2) is 14.7 Å². The Kier molecular flexibility index (Phi) is 4.52. The van der Waals surface area contributed by atoms with Crippen LogP contribution < -0.4 is 11.1 Å². The number of hydrogen-bond donors (Lipinski definition) is 3. The molecule has 1 heterocycles. The van der Waals surface area contributed by atoms with E-state index in [-0.39, 0.29) is 5.57 Å². The summed E-state index contributed by atoms with van der Waals surface area (Å²) < 4.78 is 0.959. The van der Waals surface area contributed by atoms with Gasteiger partial charge >= 0.3 is 11.7 Å². The van der Waals surface area contributed by atoms with Crippen molar-refractivity contribution in [1.29, 1.82) is 0 Å². The van der Waals surface area contributed by atoms with Crippen LogP contribution in [0.15, 0.2) is 46.8 Å². The molecule has 0 atom stereocenters. The first-order valence-electron chi connectivity index (χ1n) is 6.40. The first kappa shape index (κ1) is 15.2. The molecular weight excluding hydrogens is 288 g/mol. The Morgan fingerprint density at radius 1 is 1.36 bits per heavy atom. The maximum absolute atomic E-state index is 11.7. The van der Waals surface area contributed by atoms with Crippen LogP contribution >= 0.6 is 0 Å². The minimum Gasteiger partial charge on any atom is -0.478 e. The second-order valence-electron chi connectivity index (χ2n) is 4.55. The third kappa shape index (κ3) is 3.69. The van der Waals surface area contributed by atoms with E-state index in [1.807, 2.05) is 30.3 Å². The van der Waals surface area contributed by atoms with Crippen molar-refractivity contribution in [3.63, 3.8) is 0 Å². The molecule has 2 aromatic rings. The normalized spacial score (nSPS) is 11.2. The molecule has 1 aromatic heterocycles. The highest BCUT2D eigenvalue weighted by atomic mass is 16.4. The predicted molar refractivity (Wildman–Crippen MR) is 77.9 cm³/mol. The Bertz CT molecular complexity index is 774. The number of nitrogens with one attached hydrogen (secondary N) is 2. The molecule has 1 aromatic carbocycles. The fourth-order valence-corrected chi connectivity index (χ4v) is 1.74. The van der Waals surface area contributed by atoms with Gasteiger partial charge in [-0.15, -0.1) is 0 Å². The maximum atomic E-state index is 11.7. The Balaban J connectivity index is 2.20. The molecule has 22 heavy (non-hydrogen) atoms. The molecule has 2 rings (SSSR count). The summed E-state index contributed by atoms with van der Waals surface area (Å²) in [6, 6.07) is 9.28. The van der Waals surface area contributed by atoms with Gasteiger partial charge in [-0.1, -0.05) is 30.3 Å². The summed E-state index contributed by atoms with van der Waals surface area (Å²) in [6.07, 6.45) is 1.23. The topological polar surface area (TPSA) is 117 Å². The Labute approximate surface area is 125 Å². The minimum atomic E-state index is -1.21. The summed E-state index contributed by atoms with van der Waals surface area (Å²) in [5, 5.41) is 14.8. The molecule has 0 radical (unpaired) electrons. The van der Waals surface area contributed by atoms with Crippen molar-refractivity contribution >= 4 is 11.9 Å². The molecule has 0 aliphatic heterocycles. The van der Waals surface area contributed by atoms with Crippen LogP contribution in [-0.2, 0) is 16.0 Å². The van der Waals surface area contributed by atoms with Gasteiger partial charge in [0.15, 0.2) is 5.82 Å². The van der Waals surface area contributed by atoms with E-state index in [2.05, 4.69) is 15.6 Å². The molecule has 114 valence electrons. The SMILES string of the molecule is C/C(=C\C(=O)Nn1c(Cc2ccccc2)n[nH]c1=O)C(=O)O. The van der Waals surface area contributed by atoms with Crippen molar-refractivity contribution in [3.8, 4) is 0 Å². The number of hydrogen-bond acceptors (Lipinski definition) is 4. The van der Waals surface area contributed by atoms with Crippen molar-refractivity contribution in [2.45, 2.75) is 13.3 Å². The molecule has 0 fully saturated rings. The van der Waals surface area contributed by atoms with Gasteiger partial charge in [0.2, 0.25) is 0 Å². The first-order chi connectivity index (χ1) is 10.5. The minimum absolute atomic E-state index is 0.140. The number of aromatic amines is 1. The van der Waals surface area contributed by atoms with Crippen LogP contribution in [0.3, 0.4) is 0 Å². The van der Waals surface area contributed by atoms with E-state index < -0.39 is 17.6 Å². The van der Waals surface area contributed by atoms with Crippen molar-refractivity contribution in [3.05, 3.63) is 63.9 Å². The number of carboxylic acids is 1. The molecule has 1 amide bonds. The molecule has 8 nitrogen and oxygen atoms in total. The van der Waals surface area contributed by atoms with Crippen LogP contribution in [-0.4, -0.2) is 31.9 Å². The molecule has 0 saturated heterocycles. The van der Waals surface area contributed by atoms with Crippen molar-refractivity contribution < 1.29 is 14.7 Å². The Morgan fingerprint density at radius 3 is 2.68 bits per heavy atom. The summed E-state index contributed by atoms with van der Waals surface area (Å²) in [5.41, 5.74) is 2.46. The molecule has 3 N–H and O–H groups in total. The number of carbonyl (C=O) groups excluding carboxylic acids is 1. The average molecular weight is 302 g/mol. The van der Waals surface area contributed by atoms with Gasteiger partial charge in [0.05, 0.1) is 0 Å². The highest BCUT2D eigenvalue weighted by Crippen LogP contribution is 2.04. The van der Waals surface area contributed by atoms with Gasteiger partial charge in [0.25, 0.3) is 5.91 Å². The predicted octanol–water partition coefficient (Wildman–Crippen LogP) is 0.263. The van der Waals surface area contributed by atoms with Gasteiger partial charge in [-0.3, -0.25) is 10.2 Å². The van der Waals surface area contributed by atoms with E-state index in [1.165, 1.54) is 6.92 Å². The maximum Gasteiger partial charge on any atom is 0.362 e. The van der Waals surface area contributed by atoms with Crippen LogP contribution in [0.1, 0.15) is 18.3 Å². The number of carbonyl (C=O) groups is 2. The summed E-state index contributed by atoms with van der Waals surface area (Å²) in [4.78, 5) is 34.1. The highest BCUT2D eigenvalue weighted by molar-refractivity contribution is 6.00. The van der Waals surface area contributed by atoms with E-state index in [0.29, 0.717) is 12.2 Å². The zero-order valence-corrected chi connectivity index (χ0v) is 11.7. The van der Waals surface area contributed by atoms with E-state index in [9.17, 15) is 14.4 Å². The first-order valence-corrected chi connectivity index (χ1v) is 6.40. The number of benzene rings is 1. The molecule has 0 aliphatic rings. The zero-order valence-electron chi connectivity index (χ0n) is 11.7. The standard InChI is InChI=1S/C14H14N4O4/c1-9(13(20)21)7-12(19)17-18-11(15-16-14(18)22)8-10-5-3-2-4-6-10/h2-7H,8H2,1H3,(H,16,22)(H,17,19)(H,20,21)/b9-7+. The summed E-state index contributed by atoms with van der Waals surface area (Å²) in [7, 11) is 0. The zero-order chi connectivity index (χ0) is 16.1. The van der Waals surface area contributed by atoms with Gasteiger partial charge < -0.3 is 5.11 Å². The highest BCUT2D eigenvalue weighted by Gasteiger charge is 2.12. The number of H-pyrrole nitrogens is 1. The number of amides is 1. The Hall–Kier alpha value is -3.16. The third-order valence-corrected chi connectivity index (χ3v) is 2.85. The van der Waals surface area contributed by atoms with Gasteiger partial charge in [-0.05, 0) is 12.5 Å². The number of aliphatic carboxylic acids is 1. The molecule has 0 unspecified atom stereocenters. The number of rotatable bonds is 5. The molecule has 0 spiro atoms. The van der Waals surface area contributed by atoms with Gasteiger partial charge in [0, 0.05) is 18.1 Å². The van der Waals surface area contributed by atoms with Crippen LogP contribution in [0.2, 0.25) is 0 Å². The largest absolute Gasteiger partial charge is 0.478 e. The second-order valence-corrected chi connectivity index (χ2v) is 4.55. The van der Waals surface area contributed by atoms with Crippen LogP contribution in [0.25, 0.3) is 0 Å². The number of carboxylic acid groups (broad SMARTS) is 1. The summed E-state index contributed by atoms with van der Waals surface area (Å²) in [6.45, 7) is 1.28. The van der Waals surface area contributed by atoms with Crippen LogP contribution in [0.5, 0.6) is 0 Å². The lowest BCUT2D eigenvalue weighted by Gasteiger charge is -2.06. The lowest BCUT2D eigenvalue weighted by molar-refractivity contribution is -0.132. The lowest BCUT2D eigenvalue weighted by Crippen LogP contribution is -2.32. The van der Waals surface area contributed by atoms with E-state index in [0.717, 1.165) is 16.3 Å². The molecule has 0 aliphatic carbocycles. The van der Waals surface area contributed by atoms with Crippen LogP contribution in [0.4, 0.5) is 0 Å². The van der Waals surface area contributed by atoms with Crippen molar-refractivity contribution in [2.75, 3.05) is 5.43 Å². The lowest BCUT2D eigenvalue weighted by atomic mass is 10.1. The van der Waals surface area contributed by atoms with Crippen molar-refractivity contribution in [1.82, 2.24) is 14.9 Å². The van der Waals surface area contributed by atoms with Gasteiger partial charge in [0.1, 0.15) is 0 Å². The van der Waals surface area contributed by atoms with Gasteiger partial charge in [-0.2, -0.15) is 9.77 Å². The summed E-state index contributed by atoms with van der Waals surface area (Å²) >= 11 is 0. The summed E-state index contributed by atoms with van der Waals surface area (Å²) in [5.74, 6) is -1.62. The fourth-order valence-electron chi connectivity index (χ4n) is 1.74. The monoisotopic (exact) mass is 302 g/mol. The van der Waals surface area contributed by atoms with Crippen LogP contribution in [0, 0.1) is 0 Å². The second kappa shape index (κ2) is 6.53. The molecular formula is C14H14N4O4. The molecule has 0 saturated carbocycles. The molecule has 8 heteroatoms. The Morgan fingerprint density at radius 2 is 2.05 bits per heavy atom. The number of nitrogens with zero attached hydrogens (tertiary/aromatic N) is 2. The fraction of sp³-hybridized carbons (Fsp3) is 0.143. The van der Waals surface area contributed by atoms with Crippen molar-refractivity contribution in [2.24, 2.45) is 0 Å². The van der Waals surface area contributed by atoms with E-state index >= 15 is 0 Å². The average Bonchev–Trinajstić information content (AvgIpc) is 2.81.